The molecular formula is C11H15N5. The van der Waals surface area contributed by atoms with E-state index in [0.717, 1.165) is 25.9 Å². The van der Waals surface area contributed by atoms with Crippen LogP contribution in [0.5, 0.6) is 0 Å². The molecule has 1 atom stereocenters. The van der Waals surface area contributed by atoms with Crippen LogP contribution in [-0.4, -0.2) is 35.0 Å². The first-order valence-corrected chi connectivity index (χ1v) is 5.42. The summed E-state index contributed by atoms with van der Waals surface area (Å²) in [6, 6.07) is 3.52. The molecule has 1 aromatic heterocycles. The van der Waals surface area contributed by atoms with Crippen LogP contribution in [0.3, 0.4) is 0 Å². The molecule has 1 aliphatic heterocycles. The molecule has 1 saturated heterocycles. The minimum Gasteiger partial charge on any atom is -0.384 e. The second-order valence-electron chi connectivity index (χ2n) is 4.25. The predicted octanol–water partition coefficient (Wildman–Crippen LogP) is 0.740. The fourth-order valence-electron chi connectivity index (χ4n) is 2.10. The zero-order valence-electron chi connectivity index (χ0n) is 9.35. The lowest BCUT2D eigenvalue weighted by atomic mass is 9.97. The maximum absolute atomic E-state index is 8.83. The number of nitrogen functional groups attached to an aromatic ring is 1. The topological polar surface area (TPSA) is 78.8 Å². The third-order valence-electron chi connectivity index (χ3n) is 2.87. The number of likely N-dealkylation sites (tertiary alicyclic amines) is 1. The van der Waals surface area contributed by atoms with Gasteiger partial charge in [0.25, 0.3) is 0 Å². The van der Waals surface area contributed by atoms with E-state index in [9.17, 15) is 0 Å². The van der Waals surface area contributed by atoms with E-state index in [-0.39, 0.29) is 0 Å². The number of nitrogens with zero attached hydrogens (tertiary/aromatic N) is 4. The van der Waals surface area contributed by atoms with Crippen molar-refractivity contribution in [3.63, 3.8) is 0 Å². The summed E-state index contributed by atoms with van der Waals surface area (Å²) in [7, 11) is 2.09. The molecule has 84 valence electrons. The Morgan fingerprint density at radius 1 is 1.56 bits per heavy atom. The van der Waals surface area contributed by atoms with Crippen molar-refractivity contribution < 1.29 is 0 Å². The van der Waals surface area contributed by atoms with Crippen molar-refractivity contribution in [1.29, 1.82) is 5.26 Å². The molecule has 1 unspecified atom stereocenters. The van der Waals surface area contributed by atoms with Gasteiger partial charge in [-0.3, -0.25) is 0 Å². The minimum absolute atomic E-state index is 0.300. The number of anilines is 1. The van der Waals surface area contributed by atoms with Crippen LogP contribution >= 0.6 is 0 Å². The average molecular weight is 217 g/mol. The number of hydrogen-bond donors (Lipinski definition) is 1. The molecule has 0 amide bonds. The summed E-state index contributed by atoms with van der Waals surface area (Å²) in [6.45, 7) is 2.05. The Kier molecular flexibility index (Phi) is 3.02. The van der Waals surface area contributed by atoms with Gasteiger partial charge in [0.05, 0.1) is 0 Å². The molecule has 0 saturated carbocycles. The van der Waals surface area contributed by atoms with E-state index in [0.29, 0.717) is 23.3 Å². The average Bonchev–Trinajstić information content (AvgIpc) is 2.28. The zero-order valence-corrected chi connectivity index (χ0v) is 9.35. The van der Waals surface area contributed by atoms with Crippen molar-refractivity contribution in [2.45, 2.75) is 18.8 Å². The standard InChI is InChI=1S/C11H15N5/c1-16-4-2-3-8(7-16)11-14-9(6-12)5-10(13)15-11/h5,8H,2-4,7H2,1H3,(H2,13,14,15). The van der Waals surface area contributed by atoms with Gasteiger partial charge in [0, 0.05) is 18.5 Å². The number of hydrogen-bond acceptors (Lipinski definition) is 5. The number of aromatic nitrogens is 2. The Labute approximate surface area is 94.9 Å². The van der Waals surface area contributed by atoms with Gasteiger partial charge < -0.3 is 10.6 Å². The molecule has 0 aromatic carbocycles. The molecule has 16 heavy (non-hydrogen) atoms. The predicted molar refractivity (Wildman–Crippen MR) is 60.6 cm³/mol. The van der Waals surface area contributed by atoms with Crippen molar-refractivity contribution in [3.8, 4) is 6.07 Å². The second-order valence-corrected chi connectivity index (χ2v) is 4.25. The van der Waals surface area contributed by atoms with Gasteiger partial charge in [-0.25, -0.2) is 9.97 Å². The van der Waals surface area contributed by atoms with Gasteiger partial charge in [-0.2, -0.15) is 5.26 Å². The summed E-state index contributed by atoms with van der Waals surface area (Å²) in [4.78, 5) is 10.7. The molecule has 2 heterocycles. The van der Waals surface area contributed by atoms with Crippen LogP contribution in [-0.2, 0) is 0 Å². The molecule has 0 aliphatic carbocycles. The van der Waals surface area contributed by atoms with Crippen LogP contribution in [0.4, 0.5) is 5.82 Å². The summed E-state index contributed by atoms with van der Waals surface area (Å²) in [5, 5.41) is 8.83. The Balaban J connectivity index is 2.26. The van der Waals surface area contributed by atoms with Gasteiger partial charge in [-0.15, -0.1) is 0 Å². The number of likely N-dealkylation sites (N-methyl/N-ethyl adjacent to an activating group) is 1. The Morgan fingerprint density at radius 3 is 3.06 bits per heavy atom. The Morgan fingerprint density at radius 2 is 2.38 bits per heavy atom. The van der Waals surface area contributed by atoms with Crippen LogP contribution in [0.15, 0.2) is 6.07 Å². The number of nitrogens with two attached hydrogens (primary N) is 1. The van der Waals surface area contributed by atoms with Crippen molar-refractivity contribution in [2.75, 3.05) is 25.9 Å². The SMILES string of the molecule is CN1CCCC(c2nc(N)cc(C#N)n2)C1. The first-order valence-electron chi connectivity index (χ1n) is 5.42. The molecule has 2 rings (SSSR count). The zero-order chi connectivity index (χ0) is 11.5. The normalized spacial score (nSPS) is 21.6. The lowest BCUT2D eigenvalue weighted by Crippen LogP contribution is -2.31. The van der Waals surface area contributed by atoms with E-state index in [1.807, 2.05) is 6.07 Å². The largest absolute Gasteiger partial charge is 0.384 e. The van der Waals surface area contributed by atoms with E-state index >= 15 is 0 Å². The first-order chi connectivity index (χ1) is 7.69. The first kappa shape index (κ1) is 10.8. The Hall–Kier alpha value is -1.67. The van der Waals surface area contributed by atoms with E-state index in [4.69, 9.17) is 11.0 Å². The molecular weight excluding hydrogens is 202 g/mol. The van der Waals surface area contributed by atoms with Crippen LogP contribution in [0.1, 0.15) is 30.3 Å². The molecule has 2 N–H and O–H groups in total. The molecule has 5 heteroatoms. The summed E-state index contributed by atoms with van der Waals surface area (Å²) < 4.78 is 0. The fourth-order valence-corrected chi connectivity index (χ4v) is 2.10. The third kappa shape index (κ3) is 2.28. The molecule has 0 spiro atoms. The van der Waals surface area contributed by atoms with Gasteiger partial charge in [0.1, 0.15) is 23.4 Å². The molecule has 1 aliphatic rings. The molecule has 0 radical (unpaired) electrons. The second kappa shape index (κ2) is 4.45. The molecule has 0 bridgehead atoms. The summed E-state index contributed by atoms with van der Waals surface area (Å²) in [6.07, 6.45) is 2.21. The number of rotatable bonds is 1. The third-order valence-corrected chi connectivity index (χ3v) is 2.87. The number of nitriles is 1. The highest BCUT2D eigenvalue weighted by molar-refractivity contribution is 5.35. The van der Waals surface area contributed by atoms with E-state index in [1.54, 1.807) is 0 Å². The van der Waals surface area contributed by atoms with Gasteiger partial charge in [0.15, 0.2) is 0 Å². The lowest BCUT2D eigenvalue weighted by molar-refractivity contribution is 0.246. The smallest absolute Gasteiger partial charge is 0.146 e. The Bertz CT molecular complexity index is 423. The maximum atomic E-state index is 8.83. The van der Waals surface area contributed by atoms with Gasteiger partial charge in [-0.05, 0) is 26.4 Å². The van der Waals surface area contributed by atoms with Crippen molar-refractivity contribution >= 4 is 5.82 Å². The minimum atomic E-state index is 0.300. The van der Waals surface area contributed by atoms with Crippen LogP contribution in [0.25, 0.3) is 0 Å². The molecule has 1 aromatic rings. The number of piperidine rings is 1. The fraction of sp³-hybridized carbons (Fsp3) is 0.545. The maximum Gasteiger partial charge on any atom is 0.146 e. The van der Waals surface area contributed by atoms with E-state index < -0.39 is 0 Å². The summed E-state index contributed by atoms with van der Waals surface area (Å²) in [5.74, 6) is 1.40. The highest BCUT2D eigenvalue weighted by Crippen LogP contribution is 2.24. The summed E-state index contributed by atoms with van der Waals surface area (Å²) in [5.41, 5.74) is 6.02. The lowest BCUT2D eigenvalue weighted by Gasteiger charge is -2.28. The van der Waals surface area contributed by atoms with E-state index in [1.165, 1.54) is 6.07 Å². The van der Waals surface area contributed by atoms with Gasteiger partial charge in [-0.1, -0.05) is 0 Å². The molecule has 5 nitrogen and oxygen atoms in total. The van der Waals surface area contributed by atoms with Crippen molar-refractivity contribution in [2.24, 2.45) is 0 Å². The van der Waals surface area contributed by atoms with Gasteiger partial charge in [0.2, 0.25) is 0 Å². The molecule has 1 fully saturated rings. The highest BCUT2D eigenvalue weighted by atomic mass is 15.1. The summed E-state index contributed by atoms with van der Waals surface area (Å²) >= 11 is 0. The van der Waals surface area contributed by atoms with E-state index in [2.05, 4.69) is 21.9 Å². The highest BCUT2D eigenvalue weighted by Gasteiger charge is 2.21. The van der Waals surface area contributed by atoms with Crippen LogP contribution < -0.4 is 5.73 Å². The monoisotopic (exact) mass is 217 g/mol. The quantitative estimate of drug-likeness (QED) is 0.750. The van der Waals surface area contributed by atoms with Crippen molar-refractivity contribution in [3.05, 3.63) is 17.6 Å². The van der Waals surface area contributed by atoms with Crippen LogP contribution in [0, 0.1) is 11.3 Å². The van der Waals surface area contributed by atoms with Crippen molar-refractivity contribution in [1.82, 2.24) is 14.9 Å². The van der Waals surface area contributed by atoms with Crippen LogP contribution in [0.2, 0.25) is 0 Å². The van der Waals surface area contributed by atoms with Gasteiger partial charge >= 0.3 is 0 Å².